The lowest BCUT2D eigenvalue weighted by atomic mass is 9.94. The van der Waals surface area contributed by atoms with Gasteiger partial charge in [0.1, 0.15) is 85.4 Å². The highest BCUT2D eigenvalue weighted by Crippen LogP contribution is 2.36. The van der Waals surface area contributed by atoms with Gasteiger partial charge in [-0.2, -0.15) is 0 Å². The molecule has 0 aromatic heterocycles. The summed E-state index contributed by atoms with van der Waals surface area (Å²) in [4.78, 5) is 18.4. The van der Waals surface area contributed by atoms with Crippen molar-refractivity contribution in [3.8, 4) is 0 Å². The fourth-order valence-corrected chi connectivity index (χ4v) is 5.74. The third-order valence-corrected chi connectivity index (χ3v) is 8.48. The second-order valence-corrected chi connectivity index (χ2v) is 11.6. The fourth-order valence-electron chi connectivity index (χ4n) is 5.74. The lowest BCUT2D eigenvalue weighted by Crippen LogP contribution is -2.68. The van der Waals surface area contributed by atoms with Crippen LogP contribution in [0.15, 0.2) is 5.11 Å². The zero-order chi connectivity index (χ0) is 35.6. The third-order valence-electron chi connectivity index (χ3n) is 8.48. The van der Waals surface area contributed by atoms with Gasteiger partial charge in [0.2, 0.25) is 6.29 Å². The van der Waals surface area contributed by atoms with Gasteiger partial charge in [-0.3, -0.25) is 4.84 Å². The SMILES string of the molecule is CC1OC(OC2[C@H](O[C@@H]3C(CO)O[C@@H](O[N+](=O)[O-])C(N=[N+]=[N-])[C@H]3O[C@@H]3OC(C)[C@@H](O)[C@@H](O)C3O)OC(CO)[C@H](O)[C@@H]2O)[C@@H](O)C(O)[C@H]1O. The predicted octanol–water partition coefficient (Wildman–Crippen LogP) is -6.16. The normalized spacial score (nSPS) is 49.9. The Morgan fingerprint density at radius 3 is 1.60 bits per heavy atom. The first kappa shape index (κ1) is 38.6. The van der Waals surface area contributed by atoms with E-state index in [1.54, 1.807) is 0 Å². The Bertz CT molecular complexity index is 1120. The van der Waals surface area contributed by atoms with Crippen LogP contribution in [0.3, 0.4) is 0 Å². The van der Waals surface area contributed by atoms with Crippen LogP contribution in [0.4, 0.5) is 0 Å². The standard InChI is InChI=1S/C24H40N4O20/c1-5-10(31)13(34)16(37)22(41-5)46-19-9(26-27-25)21(48-28(39)40)44-8(4-30)18(19)45-24-20(15(36)12(33)7(3-29)43-24)47-23-17(38)14(35)11(32)6(2)42-23/h5-24,29-38H,3-4H2,1-2H3/t5?,6?,7?,8?,9?,10-,11+,12+,13-,14?,15+,16?,17+,18-,19-,20?,21+,22+,23?,24+/m1/s1. The number of nitrogens with zero attached hydrogens (tertiary/aromatic N) is 4. The maximum atomic E-state index is 11.3. The third kappa shape index (κ3) is 7.91. The minimum absolute atomic E-state index is 0.903. The smallest absolute Gasteiger partial charge is 0.297 e. The second kappa shape index (κ2) is 16.2. The Hall–Kier alpha value is -2.17. The van der Waals surface area contributed by atoms with Crippen LogP contribution in [0.25, 0.3) is 10.4 Å². The van der Waals surface area contributed by atoms with Crippen molar-refractivity contribution in [1.82, 2.24) is 0 Å². The number of rotatable bonds is 11. The van der Waals surface area contributed by atoms with Crippen molar-refractivity contribution >= 4 is 0 Å². The number of azide groups is 1. The van der Waals surface area contributed by atoms with Gasteiger partial charge in [-0.05, 0) is 19.4 Å². The molecule has 24 heteroatoms. The van der Waals surface area contributed by atoms with Crippen molar-refractivity contribution in [2.75, 3.05) is 13.2 Å². The monoisotopic (exact) mass is 704 g/mol. The van der Waals surface area contributed by atoms with Crippen molar-refractivity contribution < 1.29 is 94.1 Å². The molecule has 4 aliphatic heterocycles. The molecule has 4 fully saturated rings. The number of ether oxygens (including phenoxy) is 7. The summed E-state index contributed by atoms with van der Waals surface area (Å²) in [7, 11) is 0. The molecule has 0 spiro atoms. The molecule has 10 N–H and O–H groups in total. The first-order valence-electron chi connectivity index (χ1n) is 14.7. The molecule has 0 bridgehead atoms. The molecule has 48 heavy (non-hydrogen) atoms. The van der Waals surface area contributed by atoms with E-state index >= 15 is 0 Å². The highest BCUT2D eigenvalue weighted by molar-refractivity contribution is 5.00. The molecular formula is C24H40N4O20. The maximum Gasteiger partial charge on any atom is 0.297 e. The van der Waals surface area contributed by atoms with Crippen molar-refractivity contribution in [2.45, 2.75) is 137 Å². The molecule has 0 amide bonds. The summed E-state index contributed by atoms with van der Waals surface area (Å²) in [6.07, 6.45) is -33.3. The largest absolute Gasteiger partial charge is 0.394 e. The summed E-state index contributed by atoms with van der Waals surface area (Å²) in [6.45, 7) is 0.724. The van der Waals surface area contributed by atoms with E-state index in [2.05, 4.69) is 14.9 Å². The topological polar surface area (TPSA) is 368 Å². The molecule has 0 aromatic carbocycles. The van der Waals surface area contributed by atoms with E-state index in [0.717, 1.165) is 0 Å². The Morgan fingerprint density at radius 2 is 1.12 bits per heavy atom. The van der Waals surface area contributed by atoms with Crippen LogP contribution < -0.4 is 0 Å². The van der Waals surface area contributed by atoms with Crippen molar-refractivity contribution in [2.24, 2.45) is 5.11 Å². The van der Waals surface area contributed by atoms with Crippen LogP contribution in [-0.4, -0.2) is 192 Å². The van der Waals surface area contributed by atoms with Gasteiger partial charge < -0.3 is 84.2 Å². The average molecular weight is 705 g/mol. The van der Waals surface area contributed by atoms with E-state index in [-0.39, 0.29) is 0 Å². The lowest BCUT2D eigenvalue weighted by molar-refractivity contribution is -0.783. The minimum Gasteiger partial charge on any atom is -0.394 e. The quantitative estimate of drug-likeness (QED) is 0.0314. The molecule has 20 atom stereocenters. The Balaban J connectivity index is 1.72. The van der Waals surface area contributed by atoms with Gasteiger partial charge in [-0.1, -0.05) is 5.11 Å². The molecule has 0 aliphatic carbocycles. The van der Waals surface area contributed by atoms with Crippen LogP contribution in [0.2, 0.25) is 0 Å². The van der Waals surface area contributed by atoms with E-state index in [9.17, 15) is 66.7 Å². The van der Waals surface area contributed by atoms with Gasteiger partial charge >= 0.3 is 0 Å². The summed E-state index contributed by atoms with van der Waals surface area (Å²) >= 11 is 0. The highest BCUT2D eigenvalue weighted by atomic mass is 17.0. The fraction of sp³-hybridized carbons (Fsp3) is 1.00. The zero-order valence-electron chi connectivity index (χ0n) is 25.3. The van der Waals surface area contributed by atoms with E-state index in [0.29, 0.717) is 0 Å². The molecule has 4 heterocycles. The van der Waals surface area contributed by atoms with Crippen molar-refractivity contribution in [3.63, 3.8) is 0 Å². The number of hydrogen-bond donors (Lipinski definition) is 10. The van der Waals surface area contributed by atoms with Gasteiger partial charge in [-0.25, -0.2) is 0 Å². The van der Waals surface area contributed by atoms with E-state index in [1.807, 2.05) is 0 Å². The first-order chi connectivity index (χ1) is 22.6. The van der Waals surface area contributed by atoms with Gasteiger partial charge in [0.15, 0.2) is 18.9 Å². The summed E-state index contributed by atoms with van der Waals surface area (Å²) in [5.74, 6) is 0. The Kier molecular flexibility index (Phi) is 13.1. The molecular weight excluding hydrogens is 664 g/mol. The predicted molar refractivity (Wildman–Crippen MR) is 144 cm³/mol. The Labute approximate surface area is 270 Å². The molecule has 4 rings (SSSR count). The summed E-state index contributed by atoms with van der Waals surface area (Å²) in [5.41, 5.74) is 9.31. The van der Waals surface area contributed by atoms with Crippen LogP contribution in [0.5, 0.6) is 0 Å². The highest BCUT2D eigenvalue weighted by Gasteiger charge is 2.56. The van der Waals surface area contributed by atoms with E-state index < -0.39 is 141 Å². The molecule has 4 aliphatic rings. The summed E-state index contributed by atoms with van der Waals surface area (Å²) in [5, 5.41) is 117. The average Bonchev–Trinajstić information content (AvgIpc) is 3.05. The molecule has 276 valence electrons. The second-order valence-electron chi connectivity index (χ2n) is 11.6. The zero-order valence-corrected chi connectivity index (χ0v) is 25.3. The maximum absolute atomic E-state index is 11.3. The van der Waals surface area contributed by atoms with Gasteiger partial charge in [0.25, 0.3) is 5.09 Å². The lowest BCUT2D eigenvalue weighted by Gasteiger charge is -2.50. The van der Waals surface area contributed by atoms with Crippen molar-refractivity contribution in [1.29, 1.82) is 0 Å². The van der Waals surface area contributed by atoms with Crippen LogP contribution in [-0.2, 0) is 38.0 Å². The van der Waals surface area contributed by atoms with Gasteiger partial charge in [0, 0.05) is 4.91 Å². The van der Waals surface area contributed by atoms with Crippen LogP contribution in [0.1, 0.15) is 13.8 Å². The first-order valence-corrected chi connectivity index (χ1v) is 14.7. The van der Waals surface area contributed by atoms with Crippen molar-refractivity contribution in [3.05, 3.63) is 20.6 Å². The number of aliphatic hydroxyl groups excluding tert-OH is 10. The summed E-state index contributed by atoms with van der Waals surface area (Å²) in [6, 6.07) is -1.89. The van der Waals surface area contributed by atoms with E-state index in [4.69, 9.17) is 33.2 Å². The molecule has 0 radical (unpaired) electrons. The molecule has 0 saturated carbocycles. The van der Waals surface area contributed by atoms with Crippen LogP contribution >= 0.6 is 0 Å². The molecule has 0 aromatic rings. The van der Waals surface area contributed by atoms with Crippen LogP contribution in [0, 0.1) is 10.1 Å². The van der Waals surface area contributed by atoms with Gasteiger partial charge in [-0.15, -0.1) is 10.1 Å². The molecule has 9 unspecified atom stereocenters. The van der Waals surface area contributed by atoms with E-state index in [1.165, 1.54) is 13.8 Å². The molecule has 4 saturated heterocycles. The summed E-state index contributed by atoms with van der Waals surface area (Å²) < 4.78 is 39.5. The molecule has 24 nitrogen and oxygen atoms in total. The number of aliphatic hydroxyl groups is 10. The minimum atomic E-state index is -2.08. The Morgan fingerprint density at radius 1 is 0.646 bits per heavy atom. The number of hydrogen-bond acceptors (Lipinski definition) is 21. The van der Waals surface area contributed by atoms with Gasteiger partial charge in [0.05, 0.1) is 25.4 Å².